The Morgan fingerprint density at radius 2 is 1.80 bits per heavy atom. The number of sulfone groups is 1. The van der Waals surface area contributed by atoms with Gasteiger partial charge in [0.15, 0.2) is 9.84 Å². The zero-order valence-corrected chi connectivity index (χ0v) is 11.8. The van der Waals surface area contributed by atoms with Gasteiger partial charge in [-0.1, -0.05) is 0 Å². The van der Waals surface area contributed by atoms with Crippen molar-refractivity contribution >= 4 is 26.8 Å². The minimum absolute atomic E-state index is 0.0208. The Kier molecular flexibility index (Phi) is 3.43. The van der Waals surface area contributed by atoms with E-state index in [1.165, 1.54) is 21.3 Å². The number of aromatic nitrogens is 2. The van der Waals surface area contributed by atoms with E-state index >= 15 is 0 Å². The number of rotatable bonds is 4. The van der Waals surface area contributed by atoms with Crippen LogP contribution < -0.4 is 5.69 Å². The molecule has 0 saturated carbocycles. The summed E-state index contributed by atoms with van der Waals surface area (Å²) in [6, 6.07) is 4.33. The predicted molar refractivity (Wildman–Crippen MR) is 72.5 cm³/mol. The molecule has 1 aromatic carbocycles. The smallest absolute Gasteiger partial charge is 0.328 e. The van der Waals surface area contributed by atoms with E-state index in [9.17, 15) is 18.0 Å². The molecule has 0 aliphatic rings. The van der Waals surface area contributed by atoms with Gasteiger partial charge in [0.25, 0.3) is 0 Å². The Balaban J connectivity index is 2.55. The van der Waals surface area contributed by atoms with Crippen LogP contribution >= 0.6 is 0 Å². The fourth-order valence-corrected chi connectivity index (χ4v) is 3.27. The lowest BCUT2D eigenvalue weighted by Gasteiger charge is -2.04. The molecule has 0 unspecified atom stereocenters. The normalized spacial score (nSPS) is 11.9. The van der Waals surface area contributed by atoms with Crippen molar-refractivity contribution in [2.75, 3.05) is 5.75 Å². The van der Waals surface area contributed by atoms with Crippen LogP contribution in [0.3, 0.4) is 0 Å². The summed E-state index contributed by atoms with van der Waals surface area (Å²) >= 11 is 0. The summed E-state index contributed by atoms with van der Waals surface area (Å²) in [5, 5.41) is 8.57. The highest BCUT2D eigenvalue weighted by Crippen LogP contribution is 2.19. The Morgan fingerprint density at radius 3 is 2.40 bits per heavy atom. The van der Waals surface area contributed by atoms with Gasteiger partial charge in [-0.05, 0) is 18.2 Å². The summed E-state index contributed by atoms with van der Waals surface area (Å²) in [7, 11) is -0.518. The zero-order valence-electron chi connectivity index (χ0n) is 11.0. The van der Waals surface area contributed by atoms with Crippen LogP contribution in [0.1, 0.15) is 6.42 Å². The van der Waals surface area contributed by atoms with E-state index in [0.29, 0.717) is 11.0 Å². The van der Waals surface area contributed by atoms with Crippen molar-refractivity contribution in [2.45, 2.75) is 11.3 Å². The van der Waals surface area contributed by atoms with Gasteiger partial charge in [0, 0.05) is 14.1 Å². The average molecular weight is 298 g/mol. The topological polar surface area (TPSA) is 98.4 Å². The molecule has 0 bridgehead atoms. The first kappa shape index (κ1) is 14.3. The van der Waals surface area contributed by atoms with E-state index in [2.05, 4.69) is 0 Å². The second-order valence-corrected chi connectivity index (χ2v) is 6.62. The van der Waals surface area contributed by atoms with Crippen LogP contribution in [-0.4, -0.2) is 34.4 Å². The summed E-state index contributed by atoms with van der Waals surface area (Å²) < 4.78 is 26.8. The molecule has 0 spiro atoms. The van der Waals surface area contributed by atoms with Gasteiger partial charge in [0.2, 0.25) is 0 Å². The largest absolute Gasteiger partial charge is 0.481 e. The standard InChI is InChI=1S/C12H14N2O5S/c1-13-9-4-3-8(7-10(9)14(2)12(13)17)20(18,19)6-5-11(15)16/h3-4,7H,5-6H2,1-2H3,(H,15,16). The van der Waals surface area contributed by atoms with Gasteiger partial charge in [0.1, 0.15) is 0 Å². The minimum atomic E-state index is -3.67. The van der Waals surface area contributed by atoms with Gasteiger partial charge >= 0.3 is 11.7 Å². The highest BCUT2D eigenvalue weighted by Gasteiger charge is 2.18. The van der Waals surface area contributed by atoms with Gasteiger partial charge in [-0.2, -0.15) is 0 Å². The molecule has 0 aliphatic heterocycles. The number of carboxylic acid groups (broad SMARTS) is 1. The third-order valence-electron chi connectivity index (χ3n) is 3.19. The number of aliphatic carboxylic acids is 1. The molecule has 1 heterocycles. The summed E-state index contributed by atoms with van der Waals surface area (Å²) in [6.07, 6.45) is -0.450. The van der Waals surface area contributed by atoms with Crippen LogP contribution in [0.4, 0.5) is 0 Å². The molecule has 20 heavy (non-hydrogen) atoms. The molecule has 0 aliphatic carbocycles. The Labute approximate surface area is 115 Å². The first-order valence-corrected chi connectivity index (χ1v) is 7.49. The quantitative estimate of drug-likeness (QED) is 0.864. The number of benzene rings is 1. The third-order valence-corrected chi connectivity index (χ3v) is 4.90. The van der Waals surface area contributed by atoms with Gasteiger partial charge in [-0.15, -0.1) is 0 Å². The summed E-state index contributed by atoms with van der Waals surface area (Å²) in [5.74, 6) is -1.63. The lowest BCUT2D eigenvalue weighted by molar-refractivity contribution is -0.136. The first-order chi connectivity index (χ1) is 9.24. The lowest BCUT2D eigenvalue weighted by Crippen LogP contribution is -2.19. The van der Waals surface area contributed by atoms with E-state index in [1.54, 1.807) is 20.2 Å². The van der Waals surface area contributed by atoms with Crippen LogP contribution in [0.2, 0.25) is 0 Å². The van der Waals surface area contributed by atoms with Crippen molar-refractivity contribution in [3.8, 4) is 0 Å². The van der Waals surface area contributed by atoms with Crippen molar-refractivity contribution in [1.82, 2.24) is 9.13 Å². The van der Waals surface area contributed by atoms with Crippen molar-refractivity contribution in [2.24, 2.45) is 14.1 Å². The second-order valence-electron chi connectivity index (χ2n) is 4.51. The lowest BCUT2D eigenvalue weighted by atomic mass is 10.3. The third kappa shape index (κ3) is 2.34. The van der Waals surface area contributed by atoms with Gasteiger partial charge in [-0.25, -0.2) is 13.2 Å². The predicted octanol–water partition coefficient (Wildman–Crippen LogP) is 0.125. The fraction of sp³-hybridized carbons (Fsp3) is 0.333. The molecule has 0 fully saturated rings. The molecule has 0 amide bonds. The monoisotopic (exact) mass is 298 g/mol. The molecule has 2 rings (SSSR count). The molecule has 0 saturated heterocycles. The summed E-state index contributed by atoms with van der Waals surface area (Å²) in [6.45, 7) is 0. The second kappa shape index (κ2) is 4.78. The Hall–Kier alpha value is -2.09. The van der Waals surface area contributed by atoms with Gasteiger partial charge < -0.3 is 5.11 Å². The molecule has 8 heteroatoms. The van der Waals surface area contributed by atoms with Gasteiger partial charge in [-0.3, -0.25) is 13.9 Å². The fourth-order valence-electron chi connectivity index (χ4n) is 2.02. The molecular weight excluding hydrogens is 284 g/mol. The number of carbonyl (C=O) groups is 1. The van der Waals surface area contributed by atoms with Crippen molar-refractivity contribution in [1.29, 1.82) is 0 Å². The van der Waals surface area contributed by atoms with E-state index in [-0.39, 0.29) is 10.6 Å². The van der Waals surface area contributed by atoms with Gasteiger partial charge in [0.05, 0.1) is 28.1 Å². The molecule has 1 aromatic heterocycles. The Bertz CT molecular complexity index is 845. The number of hydrogen-bond donors (Lipinski definition) is 1. The molecule has 1 N–H and O–H groups in total. The van der Waals surface area contributed by atoms with E-state index < -0.39 is 28.0 Å². The molecular formula is C12H14N2O5S. The van der Waals surface area contributed by atoms with E-state index in [0.717, 1.165) is 0 Å². The van der Waals surface area contributed by atoms with E-state index in [4.69, 9.17) is 5.11 Å². The van der Waals surface area contributed by atoms with Crippen LogP contribution in [-0.2, 0) is 28.7 Å². The summed E-state index contributed by atoms with van der Waals surface area (Å²) in [4.78, 5) is 22.3. The van der Waals surface area contributed by atoms with Crippen molar-refractivity contribution in [3.63, 3.8) is 0 Å². The van der Waals surface area contributed by atoms with Crippen molar-refractivity contribution < 1.29 is 18.3 Å². The maximum atomic E-state index is 12.0. The van der Waals surface area contributed by atoms with Crippen LogP contribution in [0, 0.1) is 0 Å². The number of carboxylic acids is 1. The molecule has 7 nitrogen and oxygen atoms in total. The highest BCUT2D eigenvalue weighted by atomic mass is 32.2. The zero-order chi connectivity index (χ0) is 15.1. The molecule has 0 radical (unpaired) electrons. The average Bonchev–Trinajstić information content (AvgIpc) is 2.61. The maximum Gasteiger partial charge on any atom is 0.328 e. The van der Waals surface area contributed by atoms with Crippen LogP contribution in [0.15, 0.2) is 27.9 Å². The molecule has 108 valence electrons. The van der Waals surface area contributed by atoms with Crippen molar-refractivity contribution in [3.05, 3.63) is 28.7 Å². The number of fused-ring (bicyclic) bond motifs is 1. The van der Waals surface area contributed by atoms with Crippen LogP contribution in [0.25, 0.3) is 11.0 Å². The van der Waals surface area contributed by atoms with Crippen LogP contribution in [0.5, 0.6) is 0 Å². The minimum Gasteiger partial charge on any atom is -0.481 e. The summed E-state index contributed by atoms with van der Waals surface area (Å²) in [5.41, 5.74) is 0.865. The van der Waals surface area contributed by atoms with E-state index in [1.807, 2.05) is 0 Å². The molecule has 0 atom stereocenters. The first-order valence-electron chi connectivity index (χ1n) is 5.84. The SMILES string of the molecule is Cn1c(=O)n(C)c2cc(S(=O)(=O)CCC(=O)O)ccc21. The maximum absolute atomic E-state index is 12.0. The Morgan fingerprint density at radius 1 is 1.20 bits per heavy atom. The number of aryl methyl sites for hydroxylation is 2. The number of hydrogen-bond acceptors (Lipinski definition) is 4. The number of nitrogens with zero attached hydrogens (tertiary/aromatic N) is 2. The molecule has 2 aromatic rings. The highest BCUT2D eigenvalue weighted by molar-refractivity contribution is 7.91. The number of imidazole rings is 1.